The van der Waals surface area contributed by atoms with Crippen molar-refractivity contribution in [2.24, 2.45) is 4.99 Å². The van der Waals surface area contributed by atoms with Gasteiger partial charge in [-0.05, 0) is 25.1 Å². The zero-order chi connectivity index (χ0) is 19.3. The molecule has 0 saturated carbocycles. The van der Waals surface area contributed by atoms with Crippen molar-refractivity contribution >= 4 is 21.9 Å². The maximum absolute atomic E-state index is 12.6. The van der Waals surface area contributed by atoms with Gasteiger partial charge in [0.15, 0.2) is 0 Å². The predicted molar refractivity (Wildman–Crippen MR) is 100 cm³/mol. The van der Waals surface area contributed by atoms with Gasteiger partial charge in [0, 0.05) is 36.6 Å². The largest absolute Gasteiger partial charge is 0.505 e. The van der Waals surface area contributed by atoms with Crippen LogP contribution in [-0.4, -0.2) is 47.2 Å². The molecular formula is C18H23N3O4S. The minimum absolute atomic E-state index is 0.0628. The summed E-state index contributed by atoms with van der Waals surface area (Å²) >= 11 is 0. The smallest absolute Gasteiger partial charge is 0.243 e. The molecule has 1 aromatic carbocycles. The first-order valence-corrected chi connectivity index (χ1v) is 9.71. The van der Waals surface area contributed by atoms with Crippen molar-refractivity contribution in [1.29, 1.82) is 0 Å². The summed E-state index contributed by atoms with van der Waals surface area (Å²) in [5.41, 5.74) is 1.64. The van der Waals surface area contributed by atoms with Crippen LogP contribution in [0.4, 0.5) is 5.69 Å². The highest BCUT2D eigenvalue weighted by molar-refractivity contribution is 7.89. The second-order valence-electron chi connectivity index (χ2n) is 5.63. The van der Waals surface area contributed by atoms with Crippen molar-refractivity contribution in [3.8, 4) is 5.75 Å². The first-order chi connectivity index (χ1) is 12.3. The number of hydrogen-bond acceptors (Lipinski definition) is 6. The number of aliphatic imine (C=N–C) groups is 1. The normalized spacial score (nSPS) is 12.2. The topological polar surface area (TPSA) is 103 Å². The molecule has 1 aromatic heterocycles. The Balaban J connectivity index is 2.42. The van der Waals surface area contributed by atoms with Gasteiger partial charge in [0.25, 0.3) is 0 Å². The molecule has 0 fully saturated rings. The van der Waals surface area contributed by atoms with E-state index in [1.165, 1.54) is 28.8 Å². The third-order valence-corrected chi connectivity index (χ3v) is 6.08. The van der Waals surface area contributed by atoms with E-state index >= 15 is 0 Å². The van der Waals surface area contributed by atoms with Gasteiger partial charge in [-0.1, -0.05) is 19.9 Å². The van der Waals surface area contributed by atoms with Crippen LogP contribution in [0.2, 0.25) is 0 Å². The Labute approximate surface area is 153 Å². The molecule has 26 heavy (non-hydrogen) atoms. The van der Waals surface area contributed by atoms with E-state index in [0.29, 0.717) is 35.6 Å². The molecule has 0 amide bonds. The minimum atomic E-state index is -3.57. The van der Waals surface area contributed by atoms with Gasteiger partial charge in [0.05, 0.1) is 22.9 Å². The SMILES string of the molecule is CCN(CC)S(=O)(=O)c1cccc(N=Cc2c(CO)cnc(C)c2O)c1. The Hall–Kier alpha value is -2.29. The number of aromatic hydroxyl groups is 1. The number of aryl methyl sites for hydroxylation is 1. The summed E-state index contributed by atoms with van der Waals surface area (Å²) in [5, 5.41) is 19.5. The molecule has 0 aliphatic carbocycles. The monoisotopic (exact) mass is 377 g/mol. The van der Waals surface area contributed by atoms with Crippen molar-refractivity contribution in [2.45, 2.75) is 32.3 Å². The third-order valence-electron chi connectivity index (χ3n) is 4.03. The molecule has 0 spiro atoms. The second kappa shape index (κ2) is 8.39. The summed E-state index contributed by atoms with van der Waals surface area (Å²) in [5.74, 6) is -0.0628. The van der Waals surface area contributed by atoms with Gasteiger partial charge in [0.2, 0.25) is 10.0 Å². The summed E-state index contributed by atoms with van der Waals surface area (Å²) in [4.78, 5) is 8.42. The van der Waals surface area contributed by atoms with Gasteiger partial charge in [-0.25, -0.2) is 8.42 Å². The minimum Gasteiger partial charge on any atom is -0.505 e. The van der Waals surface area contributed by atoms with Crippen molar-refractivity contribution in [1.82, 2.24) is 9.29 Å². The number of hydrogen-bond donors (Lipinski definition) is 2. The highest BCUT2D eigenvalue weighted by atomic mass is 32.2. The lowest BCUT2D eigenvalue weighted by Gasteiger charge is -2.18. The molecule has 0 aliphatic rings. The standard InChI is InChI=1S/C18H23N3O4S/c1-4-21(5-2)26(24,25)16-8-6-7-15(9-16)20-11-17-14(12-22)10-19-13(3)18(17)23/h6-11,22-23H,4-5,12H2,1-3H3. The van der Waals surface area contributed by atoms with Crippen LogP contribution in [0.5, 0.6) is 5.75 Å². The van der Waals surface area contributed by atoms with Crippen molar-refractivity contribution in [3.63, 3.8) is 0 Å². The van der Waals surface area contributed by atoms with Crippen molar-refractivity contribution in [2.75, 3.05) is 13.1 Å². The molecule has 1 heterocycles. The Kier molecular flexibility index (Phi) is 6.47. The van der Waals surface area contributed by atoms with Crippen LogP contribution in [0.1, 0.15) is 30.7 Å². The lowest BCUT2D eigenvalue weighted by Crippen LogP contribution is -2.30. The molecule has 0 aliphatic heterocycles. The van der Waals surface area contributed by atoms with E-state index in [1.807, 2.05) is 0 Å². The fourth-order valence-electron chi connectivity index (χ4n) is 2.50. The molecule has 0 bridgehead atoms. The van der Waals surface area contributed by atoms with E-state index in [9.17, 15) is 18.6 Å². The Morgan fingerprint density at radius 3 is 2.58 bits per heavy atom. The van der Waals surface area contributed by atoms with Gasteiger partial charge >= 0.3 is 0 Å². The van der Waals surface area contributed by atoms with Crippen LogP contribution in [-0.2, 0) is 16.6 Å². The quantitative estimate of drug-likeness (QED) is 0.721. The second-order valence-corrected chi connectivity index (χ2v) is 7.57. The number of rotatable bonds is 7. The molecule has 140 valence electrons. The molecule has 0 unspecified atom stereocenters. The van der Waals surface area contributed by atoms with Crippen LogP contribution in [0, 0.1) is 6.92 Å². The molecular weight excluding hydrogens is 354 g/mol. The maximum atomic E-state index is 12.6. The first-order valence-electron chi connectivity index (χ1n) is 8.27. The van der Waals surface area contributed by atoms with E-state index < -0.39 is 10.0 Å². The highest BCUT2D eigenvalue weighted by Crippen LogP contribution is 2.25. The van der Waals surface area contributed by atoms with Crippen molar-refractivity contribution in [3.05, 3.63) is 47.3 Å². The average molecular weight is 377 g/mol. The zero-order valence-corrected chi connectivity index (χ0v) is 15.9. The molecule has 2 N–H and O–H groups in total. The first kappa shape index (κ1) is 20.0. The summed E-state index contributed by atoms with van der Waals surface area (Å²) in [7, 11) is -3.57. The van der Waals surface area contributed by atoms with E-state index in [-0.39, 0.29) is 17.3 Å². The van der Waals surface area contributed by atoms with E-state index in [2.05, 4.69) is 9.98 Å². The van der Waals surface area contributed by atoms with Crippen LogP contribution in [0.15, 0.2) is 40.4 Å². The molecule has 7 nitrogen and oxygen atoms in total. The van der Waals surface area contributed by atoms with Gasteiger partial charge in [-0.15, -0.1) is 0 Å². The molecule has 2 rings (SSSR count). The lowest BCUT2D eigenvalue weighted by molar-refractivity contribution is 0.280. The third kappa shape index (κ3) is 4.09. The summed E-state index contributed by atoms with van der Waals surface area (Å²) in [6, 6.07) is 6.29. The predicted octanol–water partition coefficient (Wildman–Crippen LogP) is 2.37. The van der Waals surface area contributed by atoms with Crippen LogP contribution in [0.3, 0.4) is 0 Å². The Morgan fingerprint density at radius 2 is 1.96 bits per heavy atom. The van der Waals surface area contributed by atoms with Crippen LogP contribution < -0.4 is 0 Å². The number of aromatic nitrogens is 1. The molecule has 8 heteroatoms. The number of aliphatic hydroxyl groups excluding tert-OH is 1. The Morgan fingerprint density at radius 1 is 1.27 bits per heavy atom. The summed E-state index contributed by atoms with van der Waals surface area (Å²) < 4.78 is 26.6. The number of sulfonamides is 1. The lowest BCUT2D eigenvalue weighted by atomic mass is 10.1. The van der Waals surface area contributed by atoms with Gasteiger partial charge in [-0.3, -0.25) is 9.98 Å². The fraction of sp³-hybridized carbons (Fsp3) is 0.333. The van der Waals surface area contributed by atoms with E-state index in [4.69, 9.17) is 0 Å². The average Bonchev–Trinajstić information content (AvgIpc) is 2.64. The molecule has 0 radical (unpaired) electrons. The number of pyridine rings is 1. The zero-order valence-electron chi connectivity index (χ0n) is 15.0. The Bertz CT molecular complexity index is 907. The fourth-order valence-corrected chi connectivity index (χ4v) is 4.00. The van der Waals surface area contributed by atoms with E-state index in [0.717, 1.165) is 0 Å². The number of nitrogens with zero attached hydrogens (tertiary/aromatic N) is 3. The summed E-state index contributed by atoms with van der Waals surface area (Å²) in [6.45, 7) is 5.69. The van der Waals surface area contributed by atoms with Gasteiger partial charge < -0.3 is 10.2 Å². The number of aliphatic hydroxyl groups is 1. The molecule has 0 atom stereocenters. The maximum Gasteiger partial charge on any atom is 0.243 e. The van der Waals surface area contributed by atoms with Gasteiger partial charge in [0.1, 0.15) is 5.75 Å². The van der Waals surface area contributed by atoms with Crippen LogP contribution in [0.25, 0.3) is 0 Å². The molecule has 0 saturated heterocycles. The van der Waals surface area contributed by atoms with Crippen molar-refractivity contribution < 1.29 is 18.6 Å². The number of benzene rings is 1. The van der Waals surface area contributed by atoms with Crippen LogP contribution >= 0.6 is 0 Å². The van der Waals surface area contributed by atoms with E-state index in [1.54, 1.807) is 32.9 Å². The molecule has 2 aromatic rings. The van der Waals surface area contributed by atoms with Gasteiger partial charge in [-0.2, -0.15) is 4.31 Å². The summed E-state index contributed by atoms with van der Waals surface area (Å²) in [6.07, 6.45) is 2.87. The highest BCUT2D eigenvalue weighted by Gasteiger charge is 2.21.